The minimum atomic E-state index is -1.03. The fourth-order valence-electron chi connectivity index (χ4n) is 2.48. The molecule has 2 rings (SSSR count). The Hall–Kier alpha value is -3.62. The van der Waals surface area contributed by atoms with Crippen LogP contribution in [0.15, 0.2) is 48.5 Å². The number of nitro groups is 1. The van der Waals surface area contributed by atoms with E-state index in [1.54, 1.807) is 32.9 Å². The summed E-state index contributed by atoms with van der Waals surface area (Å²) < 4.78 is 10.5. The number of nitrogens with one attached hydrogen (secondary N) is 1. The maximum atomic E-state index is 12.6. The normalized spacial score (nSPS) is 12.0. The lowest BCUT2D eigenvalue weighted by molar-refractivity contribution is -0.384. The smallest absolute Gasteiger partial charge is 0.408 e. The minimum Gasteiger partial charge on any atom is -0.508 e. The number of hydrogen-bond acceptors (Lipinski definition) is 7. The first kappa shape index (κ1) is 22.7. The van der Waals surface area contributed by atoms with Crippen molar-refractivity contribution in [3.63, 3.8) is 0 Å². The number of phenolic OH excluding ortho intramolecular Hbond substituents is 1. The lowest BCUT2D eigenvalue weighted by atomic mass is 10.1. The summed E-state index contributed by atoms with van der Waals surface area (Å²) in [5.74, 6) is -0.608. The molecular formula is C21H24N2O7. The van der Waals surface area contributed by atoms with Crippen molar-refractivity contribution < 1.29 is 29.1 Å². The number of non-ortho nitro benzene ring substituents is 1. The summed E-state index contributed by atoms with van der Waals surface area (Å²) in [6.45, 7) is 5.00. The molecule has 0 bridgehead atoms. The van der Waals surface area contributed by atoms with E-state index in [-0.39, 0.29) is 24.5 Å². The molecule has 0 aliphatic carbocycles. The fraction of sp³-hybridized carbons (Fsp3) is 0.333. The van der Waals surface area contributed by atoms with Gasteiger partial charge in [0.2, 0.25) is 0 Å². The zero-order chi connectivity index (χ0) is 22.3. The van der Waals surface area contributed by atoms with E-state index >= 15 is 0 Å². The van der Waals surface area contributed by atoms with Gasteiger partial charge in [0.25, 0.3) is 5.69 Å². The highest BCUT2D eigenvalue weighted by Crippen LogP contribution is 2.15. The number of nitro benzene ring substituents is 1. The van der Waals surface area contributed by atoms with Gasteiger partial charge in [-0.2, -0.15) is 0 Å². The number of nitrogens with zero attached hydrogens (tertiary/aromatic N) is 1. The SMILES string of the molecule is CC(C)(C)OC(=O)NC(Cc1ccc(O)cc1)C(=O)OCc1ccc([N+](=O)[O-])cc1. The number of aromatic hydroxyl groups is 1. The number of hydrogen-bond donors (Lipinski definition) is 2. The molecule has 1 amide bonds. The number of carbonyl (C=O) groups excluding carboxylic acids is 2. The second kappa shape index (κ2) is 9.73. The molecule has 0 radical (unpaired) electrons. The Morgan fingerprint density at radius 1 is 1.07 bits per heavy atom. The molecule has 0 aliphatic rings. The first-order valence-electron chi connectivity index (χ1n) is 9.21. The van der Waals surface area contributed by atoms with E-state index in [0.29, 0.717) is 11.1 Å². The molecule has 1 unspecified atom stereocenters. The van der Waals surface area contributed by atoms with Crippen molar-refractivity contribution in [2.45, 2.75) is 45.4 Å². The van der Waals surface area contributed by atoms with Crippen LogP contribution in [0.2, 0.25) is 0 Å². The second-order valence-electron chi connectivity index (χ2n) is 7.60. The van der Waals surface area contributed by atoms with E-state index < -0.39 is 28.6 Å². The molecule has 0 aliphatic heterocycles. The van der Waals surface area contributed by atoms with E-state index in [4.69, 9.17) is 9.47 Å². The van der Waals surface area contributed by atoms with Crippen molar-refractivity contribution in [3.05, 3.63) is 69.8 Å². The van der Waals surface area contributed by atoms with Gasteiger partial charge >= 0.3 is 12.1 Å². The third-order valence-corrected chi connectivity index (χ3v) is 3.88. The van der Waals surface area contributed by atoms with Gasteiger partial charge in [0.1, 0.15) is 24.0 Å². The van der Waals surface area contributed by atoms with Gasteiger partial charge in [0, 0.05) is 18.6 Å². The third-order valence-electron chi connectivity index (χ3n) is 3.88. The molecule has 0 saturated carbocycles. The second-order valence-corrected chi connectivity index (χ2v) is 7.60. The van der Waals surface area contributed by atoms with Crippen LogP contribution in [0.4, 0.5) is 10.5 Å². The summed E-state index contributed by atoms with van der Waals surface area (Å²) >= 11 is 0. The Balaban J connectivity index is 2.07. The van der Waals surface area contributed by atoms with Gasteiger partial charge in [-0.05, 0) is 56.2 Å². The molecule has 9 nitrogen and oxygen atoms in total. The first-order chi connectivity index (χ1) is 14.0. The molecule has 2 aromatic rings. The van der Waals surface area contributed by atoms with Crippen molar-refractivity contribution in [1.82, 2.24) is 5.32 Å². The van der Waals surface area contributed by atoms with Crippen LogP contribution < -0.4 is 5.32 Å². The highest BCUT2D eigenvalue weighted by Gasteiger charge is 2.26. The van der Waals surface area contributed by atoms with E-state index in [1.165, 1.54) is 36.4 Å². The summed E-state index contributed by atoms with van der Waals surface area (Å²) in [4.78, 5) is 35.0. The number of amides is 1. The lowest BCUT2D eigenvalue weighted by Gasteiger charge is -2.23. The monoisotopic (exact) mass is 416 g/mol. The van der Waals surface area contributed by atoms with Crippen molar-refractivity contribution in [2.24, 2.45) is 0 Å². The maximum absolute atomic E-state index is 12.6. The van der Waals surface area contributed by atoms with Gasteiger partial charge in [0.15, 0.2) is 0 Å². The third kappa shape index (κ3) is 7.42. The number of benzene rings is 2. The average Bonchev–Trinajstić information content (AvgIpc) is 2.66. The number of esters is 1. The molecule has 2 N–H and O–H groups in total. The topological polar surface area (TPSA) is 128 Å². The minimum absolute atomic E-state index is 0.0677. The largest absolute Gasteiger partial charge is 0.508 e. The molecule has 2 aromatic carbocycles. The summed E-state index contributed by atoms with van der Waals surface area (Å²) in [5.41, 5.74) is 0.452. The molecule has 0 spiro atoms. The van der Waals surface area contributed by atoms with Crippen LogP contribution in [0, 0.1) is 10.1 Å². The number of ether oxygens (including phenoxy) is 2. The molecule has 9 heteroatoms. The lowest BCUT2D eigenvalue weighted by Crippen LogP contribution is -2.45. The summed E-state index contributed by atoms with van der Waals surface area (Å²) in [7, 11) is 0. The van der Waals surface area contributed by atoms with Crippen LogP contribution in [-0.2, 0) is 27.3 Å². The number of carbonyl (C=O) groups is 2. The highest BCUT2D eigenvalue weighted by molar-refractivity contribution is 5.81. The van der Waals surface area contributed by atoms with Gasteiger partial charge < -0.3 is 19.9 Å². The predicted octanol–water partition coefficient (Wildman–Crippen LogP) is 3.48. The van der Waals surface area contributed by atoms with Crippen LogP contribution >= 0.6 is 0 Å². The van der Waals surface area contributed by atoms with Gasteiger partial charge in [-0.1, -0.05) is 12.1 Å². The highest BCUT2D eigenvalue weighted by atomic mass is 16.6. The molecule has 0 heterocycles. The van der Waals surface area contributed by atoms with Crippen molar-refractivity contribution in [3.8, 4) is 5.75 Å². The van der Waals surface area contributed by atoms with E-state index in [1.807, 2.05) is 0 Å². The van der Waals surface area contributed by atoms with Gasteiger partial charge in [-0.3, -0.25) is 10.1 Å². The predicted molar refractivity (Wildman–Crippen MR) is 108 cm³/mol. The number of phenols is 1. The van der Waals surface area contributed by atoms with Gasteiger partial charge in [-0.15, -0.1) is 0 Å². The molecule has 0 saturated heterocycles. The van der Waals surface area contributed by atoms with Crippen LogP contribution in [0.3, 0.4) is 0 Å². The van der Waals surface area contributed by atoms with Crippen molar-refractivity contribution in [1.29, 1.82) is 0 Å². The molecule has 30 heavy (non-hydrogen) atoms. The van der Waals surface area contributed by atoms with E-state index in [0.717, 1.165) is 0 Å². The average molecular weight is 416 g/mol. The molecule has 0 fully saturated rings. The Morgan fingerprint density at radius 3 is 2.17 bits per heavy atom. The molecule has 0 aromatic heterocycles. The Morgan fingerprint density at radius 2 is 1.63 bits per heavy atom. The van der Waals surface area contributed by atoms with Crippen LogP contribution in [-0.4, -0.2) is 33.7 Å². The Labute approximate surface area is 173 Å². The molecule has 160 valence electrons. The zero-order valence-electron chi connectivity index (χ0n) is 17.0. The van der Waals surface area contributed by atoms with Crippen molar-refractivity contribution >= 4 is 17.7 Å². The van der Waals surface area contributed by atoms with Crippen molar-refractivity contribution in [2.75, 3.05) is 0 Å². The zero-order valence-corrected chi connectivity index (χ0v) is 17.0. The molecular weight excluding hydrogens is 392 g/mol. The summed E-state index contributed by atoms with van der Waals surface area (Å²) in [6.07, 6.45) is -0.642. The quantitative estimate of drug-likeness (QED) is 0.402. The van der Waals surface area contributed by atoms with Gasteiger partial charge in [-0.25, -0.2) is 9.59 Å². The van der Waals surface area contributed by atoms with Crippen LogP contribution in [0.5, 0.6) is 5.75 Å². The standard InChI is InChI=1S/C21H24N2O7/c1-21(2,3)30-20(26)22-18(12-14-6-10-17(24)11-7-14)19(25)29-13-15-4-8-16(9-5-15)23(27)28/h4-11,18,24H,12-13H2,1-3H3,(H,22,26). The van der Waals surface area contributed by atoms with Gasteiger partial charge in [0.05, 0.1) is 4.92 Å². The Kier molecular flexibility index (Phi) is 7.35. The Bertz CT molecular complexity index is 887. The maximum Gasteiger partial charge on any atom is 0.408 e. The fourth-order valence-corrected chi connectivity index (χ4v) is 2.48. The summed E-state index contributed by atoms with van der Waals surface area (Å²) in [5, 5.41) is 22.6. The molecule has 1 atom stereocenters. The summed E-state index contributed by atoms with van der Waals surface area (Å²) in [6, 6.07) is 10.8. The van der Waals surface area contributed by atoms with E-state index in [9.17, 15) is 24.8 Å². The number of rotatable bonds is 7. The van der Waals surface area contributed by atoms with E-state index in [2.05, 4.69) is 5.32 Å². The van der Waals surface area contributed by atoms with Crippen LogP contribution in [0.25, 0.3) is 0 Å². The van der Waals surface area contributed by atoms with Crippen LogP contribution in [0.1, 0.15) is 31.9 Å². The number of alkyl carbamates (subject to hydrolysis) is 1. The first-order valence-corrected chi connectivity index (χ1v) is 9.21.